The molecule has 1 aliphatic heterocycles. The Balaban J connectivity index is 0.000000241. The Morgan fingerprint density at radius 1 is 1.18 bits per heavy atom. The average molecular weight is 551 g/mol. The number of nitrogens with zero attached hydrogens (tertiary/aromatic N) is 2. The zero-order valence-corrected chi connectivity index (χ0v) is 24.4. The molecule has 0 saturated heterocycles. The smallest absolute Gasteiger partial charge is 0.159 e. The van der Waals surface area contributed by atoms with Gasteiger partial charge in [0.25, 0.3) is 0 Å². The van der Waals surface area contributed by atoms with Crippen LogP contribution in [0, 0.1) is 17.6 Å². The largest absolute Gasteiger partial charge is 0.346 e. The molecule has 2 aromatic heterocycles. The highest BCUT2D eigenvalue weighted by molar-refractivity contribution is 8.03. The minimum atomic E-state index is -0.835. The van der Waals surface area contributed by atoms with Crippen LogP contribution in [0.4, 0.5) is 8.78 Å². The van der Waals surface area contributed by atoms with Crippen LogP contribution in [-0.2, 0) is 6.54 Å². The molecule has 3 aromatic rings. The molecule has 0 bridgehead atoms. The van der Waals surface area contributed by atoms with Crippen LogP contribution in [0.3, 0.4) is 0 Å². The SMILES string of the molecule is C=C(CNC)SC(C)c1c[nH]c2ncccc12.C=CC1=CC=CN(Cc2ccc(F)c(F)c2)C1=C.CC(C)C. The zero-order chi connectivity index (χ0) is 28.9. The van der Waals surface area contributed by atoms with Gasteiger partial charge in [0.05, 0.1) is 0 Å². The fourth-order valence-electron chi connectivity index (χ4n) is 3.64. The van der Waals surface area contributed by atoms with Gasteiger partial charge in [0.15, 0.2) is 11.6 Å². The number of hydrogen-bond donors (Lipinski definition) is 2. The Bertz CT molecular complexity index is 1320. The van der Waals surface area contributed by atoms with Gasteiger partial charge in [-0.3, -0.25) is 0 Å². The third-order valence-corrected chi connectivity index (χ3v) is 6.50. The first-order valence-electron chi connectivity index (χ1n) is 12.9. The summed E-state index contributed by atoms with van der Waals surface area (Å²) in [5.74, 6) is -0.836. The fraction of sp³-hybridized carbons (Fsp3) is 0.281. The topological polar surface area (TPSA) is 44.0 Å². The summed E-state index contributed by atoms with van der Waals surface area (Å²) in [7, 11) is 1.94. The number of fused-ring (bicyclic) bond motifs is 1. The molecular formula is C32H40F2N4S. The summed E-state index contributed by atoms with van der Waals surface area (Å²) in [5.41, 5.74) is 4.63. The van der Waals surface area contributed by atoms with Crippen molar-refractivity contribution in [3.05, 3.63) is 126 Å². The molecule has 1 atom stereocenters. The molecule has 1 aromatic carbocycles. The molecule has 3 heterocycles. The van der Waals surface area contributed by atoms with Crippen LogP contribution in [0.25, 0.3) is 11.0 Å². The van der Waals surface area contributed by atoms with Gasteiger partial charge in [-0.25, -0.2) is 13.8 Å². The monoisotopic (exact) mass is 550 g/mol. The molecule has 1 unspecified atom stereocenters. The van der Waals surface area contributed by atoms with Crippen molar-refractivity contribution < 1.29 is 8.78 Å². The van der Waals surface area contributed by atoms with E-state index in [1.807, 2.05) is 42.6 Å². The van der Waals surface area contributed by atoms with Gasteiger partial charge in [0.2, 0.25) is 0 Å². The summed E-state index contributed by atoms with van der Waals surface area (Å²) >= 11 is 1.79. The second kappa shape index (κ2) is 15.9. The second-order valence-corrected chi connectivity index (χ2v) is 11.2. The highest BCUT2D eigenvalue weighted by Crippen LogP contribution is 2.36. The van der Waals surface area contributed by atoms with Gasteiger partial charge < -0.3 is 15.2 Å². The maximum atomic E-state index is 13.1. The number of aromatic amines is 1. The van der Waals surface area contributed by atoms with Crippen LogP contribution in [0.5, 0.6) is 0 Å². The molecule has 0 saturated carbocycles. The van der Waals surface area contributed by atoms with Crippen LogP contribution < -0.4 is 5.32 Å². The summed E-state index contributed by atoms with van der Waals surface area (Å²) in [6.07, 6.45) is 11.2. The van der Waals surface area contributed by atoms with Crippen LogP contribution >= 0.6 is 11.8 Å². The number of hydrogen-bond acceptors (Lipinski definition) is 4. The van der Waals surface area contributed by atoms with Crippen molar-refractivity contribution in [2.75, 3.05) is 13.6 Å². The molecule has 7 heteroatoms. The standard InChI is InChI=1S/C15H13F2N.C13H17N3S.C4H10/c1-3-13-5-4-8-18(11(13)2)10-12-6-7-14(16)15(17)9-12;1-9(7-14-3)17-10(2)12-8-16-13-11(12)5-4-6-15-13;1-4(2)3/h3-9H,1-2,10H2;4-6,8,10,14H,1,7H2,2-3H3,(H,15,16);4H,1-3H3. The number of nitrogens with one attached hydrogen (secondary N) is 2. The van der Waals surface area contributed by atoms with E-state index in [1.165, 1.54) is 17.0 Å². The van der Waals surface area contributed by atoms with Crippen molar-refractivity contribution in [2.24, 2.45) is 5.92 Å². The van der Waals surface area contributed by atoms with E-state index < -0.39 is 11.6 Å². The van der Waals surface area contributed by atoms with E-state index in [-0.39, 0.29) is 0 Å². The lowest BCUT2D eigenvalue weighted by molar-refractivity contribution is 0.460. The molecule has 2 N–H and O–H groups in total. The fourth-order valence-corrected chi connectivity index (χ4v) is 4.69. The number of likely N-dealkylation sites (N-methyl/N-ethyl adjacent to an activating group) is 1. The van der Waals surface area contributed by atoms with Crippen LogP contribution in [-0.4, -0.2) is 28.5 Å². The number of allylic oxidation sites excluding steroid dienone is 3. The molecule has 0 radical (unpaired) electrons. The summed E-state index contributed by atoms with van der Waals surface area (Å²) in [5, 5.41) is 4.70. The third kappa shape index (κ3) is 10.0. The molecule has 4 nitrogen and oxygen atoms in total. The molecule has 208 valence electrons. The van der Waals surface area contributed by atoms with E-state index in [4.69, 9.17) is 0 Å². The van der Waals surface area contributed by atoms with Gasteiger partial charge in [0.1, 0.15) is 5.65 Å². The van der Waals surface area contributed by atoms with E-state index in [0.29, 0.717) is 17.4 Å². The third-order valence-electron chi connectivity index (χ3n) is 5.42. The first-order chi connectivity index (χ1) is 18.6. The molecule has 0 spiro atoms. The summed E-state index contributed by atoms with van der Waals surface area (Å²) in [6.45, 7) is 21.7. The number of benzene rings is 1. The Morgan fingerprint density at radius 2 is 1.90 bits per heavy atom. The molecule has 39 heavy (non-hydrogen) atoms. The normalized spacial score (nSPS) is 13.3. The van der Waals surface area contributed by atoms with Gasteiger partial charge in [-0.15, -0.1) is 11.8 Å². The number of thioether (sulfide) groups is 1. The predicted octanol–water partition coefficient (Wildman–Crippen LogP) is 8.67. The lowest BCUT2D eigenvalue weighted by Gasteiger charge is -2.26. The molecule has 0 amide bonds. The van der Waals surface area contributed by atoms with Crippen LogP contribution in [0.15, 0.2) is 103 Å². The molecule has 1 aliphatic rings. The van der Waals surface area contributed by atoms with Gasteiger partial charge in [0, 0.05) is 48.0 Å². The Morgan fingerprint density at radius 3 is 2.54 bits per heavy atom. The first kappa shape index (κ1) is 31.8. The van der Waals surface area contributed by atoms with Gasteiger partial charge in [-0.2, -0.15) is 0 Å². The summed E-state index contributed by atoms with van der Waals surface area (Å²) in [4.78, 5) is 10.5. The number of aromatic nitrogens is 2. The molecular weight excluding hydrogens is 510 g/mol. The van der Waals surface area contributed by atoms with Crippen molar-refractivity contribution in [3.8, 4) is 0 Å². The number of H-pyrrole nitrogens is 1. The Labute approximate surface area is 236 Å². The summed E-state index contributed by atoms with van der Waals surface area (Å²) in [6, 6.07) is 7.96. The van der Waals surface area contributed by atoms with Crippen molar-refractivity contribution in [1.29, 1.82) is 0 Å². The van der Waals surface area contributed by atoms with E-state index in [1.54, 1.807) is 30.1 Å². The van der Waals surface area contributed by atoms with Gasteiger partial charge >= 0.3 is 0 Å². The highest BCUT2D eigenvalue weighted by Gasteiger charge is 2.14. The van der Waals surface area contributed by atoms with Crippen LogP contribution in [0.1, 0.15) is 44.1 Å². The number of halogens is 2. The first-order valence-corrected chi connectivity index (χ1v) is 13.8. The van der Waals surface area contributed by atoms with Crippen molar-refractivity contribution in [3.63, 3.8) is 0 Å². The summed E-state index contributed by atoms with van der Waals surface area (Å²) < 4.78 is 25.9. The quantitative estimate of drug-likeness (QED) is 0.294. The highest BCUT2D eigenvalue weighted by atomic mass is 32.2. The van der Waals surface area contributed by atoms with Gasteiger partial charge in [-0.1, -0.05) is 58.7 Å². The van der Waals surface area contributed by atoms with Crippen molar-refractivity contribution in [2.45, 2.75) is 39.5 Å². The van der Waals surface area contributed by atoms with Crippen molar-refractivity contribution >= 4 is 22.8 Å². The molecule has 0 fully saturated rings. The second-order valence-electron chi connectivity index (χ2n) is 9.70. The maximum Gasteiger partial charge on any atom is 0.159 e. The molecule has 0 aliphatic carbocycles. The van der Waals surface area contributed by atoms with E-state index >= 15 is 0 Å². The zero-order valence-electron chi connectivity index (χ0n) is 23.6. The molecule has 4 rings (SSSR count). The maximum absolute atomic E-state index is 13.1. The van der Waals surface area contributed by atoms with E-state index in [2.05, 4.69) is 68.8 Å². The Hall–Kier alpha value is -3.42. The Kier molecular flexibility index (Phi) is 12.9. The number of pyridine rings is 1. The van der Waals surface area contributed by atoms with Crippen LogP contribution in [0.2, 0.25) is 0 Å². The average Bonchev–Trinajstić information content (AvgIpc) is 3.32. The van der Waals surface area contributed by atoms with E-state index in [0.717, 1.165) is 40.4 Å². The van der Waals surface area contributed by atoms with Crippen molar-refractivity contribution in [1.82, 2.24) is 20.2 Å². The lowest BCUT2D eigenvalue weighted by atomic mass is 10.1. The van der Waals surface area contributed by atoms with E-state index in [9.17, 15) is 8.78 Å². The predicted molar refractivity (Wildman–Crippen MR) is 164 cm³/mol. The minimum Gasteiger partial charge on any atom is -0.346 e. The van der Waals surface area contributed by atoms with Gasteiger partial charge in [-0.05, 0) is 71.8 Å². The lowest BCUT2D eigenvalue weighted by Crippen LogP contribution is -2.18. The minimum absolute atomic E-state index is 0.383. The number of rotatable bonds is 8.